The van der Waals surface area contributed by atoms with E-state index in [1.54, 1.807) is 0 Å². The van der Waals surface area contributed by atoms with Gasteiger partial charge in [0, 0.05) is 15.7 Å². The van der Waals surface area contributed by atoms with Gasteiger partial charge in [-0.25, -0.2) is 0 Å². The predicted molar refractivity (Wildman–Crippen MR) is 73.6 cm³/mol. The highest BCUT2D eigenvalue weighted by molar-refractivity contribution is 9.10. The number of aromatic nitrogens is 2. The maximum Gasteiger partial charge on any atom is 0.102 e. The van der Waals surface area contributed by atoms with Crippen LogP contribution in [-0.2, 0) is 0 Å². The molecular weight excluding hydrogens is 278 g/mol. The van der Waals surface area contributed by atoms with Gasteiger partial charge in [0.2, 0.25) is 0 Å². The number of rotatable bonds is 1. The molecule has 0 radical (unpaired) electrons. The lowest BCUT2D eigenvalue weighted by molar-refractivity contribution is 1.12. The van der Waals surface area contributed by atoms with Crippen molar-refractivity contribution in [1.29, 1.82) is 0 Å². The van der Waals surface area contributed by atoms with Gasteiger partial charge < -0.3 is 5.73 Å². The number of hydrogen-bond donors (Lipinski definition) is 2. The van der Waals surface area contributed by atoms with Gasteiger partial charge in [0.15, 0.2) is 0 Å². The Kier molecular flexibility index (Phi) is 2.37. The Labute approximate surface area is 107 Å². The van der Waals surface area contributed by atoms with E-state index in [0.29, 0.717) is 0 Å². The second-order valence-electron chi connectivity index (χ2n) is 3.85. The van der Waals surface area contributed by atoms with Crippen molar-refractivity contribution in [3.8, 4) is 11.3 Å². The number of hydrogen-bond acceptors (Lipinski definition) is 2. The van der Waals surface area contributed by atoms with Gasteiger partial charge in [0.1, 0.15) is 5.69 Å². The van der Waals surface area contributed by atoms with Crippen molar-refractivity contribution in [2.45, 2.75) is 0 Å². The highest BCUT2D eigenvalue weighted by Crippen LogP contribution is 2.30. The number of benzene rings is 2. The molecule has 17 heavy (non-hydrogen) atoms. The van der Waals surface area contributed by atoms with Gasteiger partial charge in [0.05, 0.1) is 10.9 Å². The number of nitrogen functional groups attached to an aromatic ring is 1. The molecular formula is C13H10BrN3. The topological polar surface area (TPSA) is 54.7 Å². The zero-order chi connectivity index (χ0) is 11.8. The molecule has 1 heterocycles. The molecule has 3 rings (SSSR count). The average Bonchev–Trinajstić information content (AvgIpc) is 2.75. The maximum absolute atomic E-state index is 6.00. The predicted octanol–water partition coefficient (Wildman–Crippen LogP) is 3.57. The fourth-order valence-electron chi connectivity index (χ4n) is 1.92. The number of aromatic amines is 1. The summed E-state index contributed by atoms with van der Waals surface area (Å²) < 4.78 is 1.05. The summed E-state index contributed by atoms with van der Waals surface area (Å²) in [7, 11) is 0. The van der Waals surface area contributed by atoms with Crippen molar-refractivity contribution in [2.75, 3.05) is 5.73 Å². The van der Waals surface area contributed by atoms with E-state index < -0.39 is 0 Å². The smallest absolute Gasteiger partial charge is 0.102 e. The van der Waals surface area contributed by atoms with Gasteiger partial charge in [-0.2, -0.15) is 5.10 Å². The SMILES string of the molecule is Nc1cccc2[nH]nc(-c3ccc(Br)cc3)c12. The molecule has 84 valence electrons. The molecule has 0 fully saturated rings. The molecule has 3 N–H and O–H groups in total. The number of nitrogens with one attached hydrogen (secondary N) is 1. The summed E-state index contributed by atoms with van der Waals surface area (Å²) in [5, 5.41) is 8.32. The molecule has 0 unspecified atom stereocenters. The van der Waals surface area contributed by atoms with Crippen molar-refractivity contribution in [3.63, 3.8) is 0 Å². The molecule has 0 aliphatic heterocycles. The molecule has 0 saturated carbocycles. The van der Waals surface area contributed by atoms with E-state index in [1.807, 2.05) is 42.5 Å². The number of nitrogens with zero attached hydrogens (tertiary/aromatic N) is 1. The number of H-pyrrole nitrogens is 1. The summed E-state index contributed by atoms with van der Waals surface area (Å²) in [5.41, 5.74) is 9.65. The Morgan fingerprint density at radius 1 is 1.06 bits per heavy atom. The van der Waals surface area contributed by atoms with E-state index in [2.05, 4.69) is 26.1 Å². The highest BCUT2D eigenvalue weighted by atomic mass is 79.9. The van der Waals surface area contributed by atoms with Crippen LogP contribution in [0.25, 0.3) is 22.2 Å². The fourth-order valence-corrected chi connectivity index (χ4v) is 2.18. The first kappa shape index (κ1) is 10.4. The van der Waals surface area contributed by atoms with Crippen LogP contribution >= 0.6 is 15.9 Å². The number of fused-ring (bicyclic) bond motifs is 1. The van der Waals surface area contributed by atoms with Gasteiger partial charge in [-0.15, -0.1) is 0 Å². The van der Waals surface area contributed by atoms with Crippen LogP contribution in [0.5, 0.6) is 0 Å². The molecule has 0 spiro atoms. The third kappa shape index (κ3) is 1.70. The van der Waals surface area contributed by atoms with E-state index >= 15 is 0 Å². The lowest BCUT2D eigenvalue weighted by atomic mass is 10.1. The van der Waals surface area contributed by atoms with Crippen molar-refractivity contribution < 1.29 is 0 Å². The highest BCUT2D eigenvalue weighted by Gasteiger charge is 2.10. The molecule has 4 heteroatoms. The Hall–Kier alpha value is -1.81. The van der Waals surface area contributed by atoms with Crippen molar-refractivity contribution >= 4 is 32.5 Å². The second kappa shape index (κ2) is 3.89. The van der Waals surface area contributed by atoms with E-state index in [4.69, 9.17) is 5.73 Å². The molecule has 0 saturated heterocycles. The molecule has 0 amide bonds. The van der Waals surface area contributed by atoms with Crippen LogP contribution in [0.2, 0.25) is 0 Å². The number of nitrogens with two attached hydrogens (primary N) is 1. The Morgan fingerprint density at radius 2 is 1.82 bits per heavy atom. The van der Waals surface area contributed by atoms with Crippen LogP contribution in [0.15, 0.2) is 46.9 Å². The minimum absolute atomic E-state index is 0.745. The third-order valence-corrected chi connectivity index (χ3v) is 3.27. The van der Waals surface area contributed by atoms with Crippen LogP contribution < -0.4 is 5.73 Å². The molecule has 0 bridgehead atoms. The van der Waals surface area contributed by atoms with Crippen molar-refractivity contribution in [2.24, 2.45) is 0 Å². The van der Waals surface area contributed by atoms with E-state index in [0.717, 1.165) is 32.3 Å². The first-order valence-electron chi connectivity index (χ1n) is 5.24. The zero-order valence-corrected chi connectivity index (χ0v) is 10.5. The van der Waals surface area contributed by atoms with Crippen molar-refractivity contribution in [3.05, 3.63) is 46.9 Å². The summed E-state index contributed by atoms with van der Waals surface area (Å²) in [5.74, 6) is 0. The normalized spacial score (nSPS) is 10.9. The summed E-state index contributed by atoms with van der Waals surface area (Å²) in [4.78, 5) is 0. The van der Waals surface area contributed by atoms with E-state index in [1.165, 1.54) is 0 Å². The van der Waals surface area contributed by atoms with Gasteiger partial charge in [-0.3, -0.25) is 5.10 Å². The fraction of sp³-hybridized carbons (Fsp3) is 0. The summed E-state index contributed by atoms with van der Waals surface area (Å²) in [6, 6.07) is 13.8. The van der Waals surface area contributed by atoms with E-state index in [-0.39, 0.29) is 0 Å². The molecule has 3 nitrogen and oxygen atoms in total. The lowest BCUT2D eigenvalue weighted by Crippen LogP contribution is -1.86. The Balaban J connectivity index is 2.27. The minimum Gasteiger partial charge on any atom is -0.398 e. The van der Waals surface area contributed by atoms with Crippen LogP contribution in [0.4, 0.5) is 5.69 Å². The molecule has 3 aromatic rings. The van der Waals surface area contributed by atoms with Gasteiger partial charge >= 0.3 is 0 Å². The quantitative estimate of drug-likeness (QED) is 0.672. The summed E-state index contributed by atoms with van der Waals surface area (Å²) in [6.45, 7) is 0. The first-order chi connectivity index (χ1) is 8.25. The molecule has 0 aliphatic carbocycles. The number of anilines is 1. The van der Waals surface area contributed by atoms with E-state index in [9.17, 15) is 0 Å². The Morgan fingerprint density at radius 3 is 2.59 bits per heavy atom. The van der Waals surface area contributed by atoms with Crippen molar-refractivity contribution in [1.82, 2.24) is 10.2 Å². The molecule has 2 aromatic carbocycles. The summed E-state index contributed by atoms with van der Waals surface area (Å²) >= 11 is 3.42. The van der Waals surface area contributed by atoms with Crippen LogP contribution in [-0.4, -0.2) is 10.2 Å². The molecule has 1 aromatic heterocycles. The standard InChI is InChI=1S/C13H10BrN3/c14-9-6-4-8(5-7-9)13-12-10(15)2-1-3-11(12)16-17-13/h1-7H,15H2,(H,16,17). The van der Waals surface area contributed by atoms with Crippen LogP contribution in [0.3, 0.4) is 0 Å². The molecule has 0 aliphatic rings. The average molecular weight is 288 g/mol. The zero-order valence-electron chi connectivity index (χ0n) is 8.94. The largest absolute Gasteiger partial charge is 0.398 e. The van der Waals surface area contributed by atoms with Gasteiger partial charge in [-0.05, 0) is 24.3 Å². The van der Waals surface area contributed by atoms with Gasteiger partial charge in [-0.1, -0.05) is 34.1 Å². The Bertz CT molecular complexity index is 671. The first-order valence-corrected chi connectivity index (χ1v) is 6.03. The number of halogens is 1. The monoisotopic (exact) mass is 287 g/mol. The maximum atomic E-state index is 6.00. The minimum atomic E-state index is 0.745. The molecule has 0 atom stereocenters. The van der Waals surface area contributed by atoms with Gasteiger partial charge in [0.25, 0.3) is 0 Å². The lowest BCUT2D eigenvalue weighted by Gasteiger charge is -2.00. The third-order valence-electron chi connectivity index (χ3n) is 2.74. The summed E-state index contributed by atoms with van der Waals surface area (Å²) in [6.07, 6.45) is 0. The van der Waals surface area contributed by atoms with Crippen LogP contribution in [0.1, 0.15) is 0 Å². The van der Waals surface area contributed by atoms with Crippen LogP contribution in [0, 0.1) is 0 Å². The second-order valence-corrected chi connectivity index (χ2v) is 4.76.